The fourth-order valence-corrected chi connectivity index (χ4v) is 2.88. The Morgan fingerprint density at radius 2 is 1.87 bits per heavy atom. The molecular formula is C15H20N4O4. The van der Waals surface area contributed by atoms with Gasteiger partial charge in [-0.05, 0) is 43.7 Å². The Labute approximate surface area is 133 Å². The molecule has 1 aliphatic rings. The van der Waals surface area contributed by atoms with E-state index >= 15 is 0 Å². The summed E-state index contributed by atoms with van der Waals surface area (Å²) >= 11 is 0. The predicted octanol–water partition coefficient (Wildman–Crippen LogP) is 0.758. The summed E-state index contributed by atoms with van der Waals surface area (Å²) in [6, 6.07) is 3.51. The number of anilines is 1. The lowest BCUT2D eigenvalue weighted by atomic mass is 9.79. The Morgan fingerprint density at radius 1 is 1.17 bits per heavy atom. The minimum absolute atomic E-state index is 0.230. The third kappa shape index (κ3) is 4.75. The summed E-state index contributed by atoms with van der Waals surface area (Å²) in [5.74, 6) is 2.91. The first-order valence-corrected chi connectivity index (χ1v) is 7.49. The second-order valence-electron chi connectivity index (χ2n) is 5.71. The molecular weight excluding hydrogens is 300 g/mol. The van der Waals surface area contributed by atoms with E-state index in [1.165, 1.54) is 6.20 Å². The van der Waals surface area contributed by atoms with Crippen LogP contribution in [0, 0.1) is 5.92 Å². The number of nitrogens with two attached hydrogens (primary N) is 1. The van der Waals surface area contributed by atoms with Gasteiger partial charge in [-0.3, -0.25) is 24.8 Å². The second kappa shape index (κ2) is 7.68. The van der Waals surface area contributed by atoms with Crippen molar-refractivity contribution in [2.75, 3.05) is 5.32 Å². The van der Waals surface area contributed by atoms with Gasteiger partial charge in [0.15, 0.2) is 0 Å². The normalized spacial score (nSPS) is 20.6. The topological polar surface area (TPSA) is 134 Å². The zero-order chi connectivity index (χ0) is 16.8. The summed E-state index contributed by atoms with van der Waals surface area (Å²) in [6.07, 6.45) is 5.31. The van der Waals surface area contributed by atoms with E-state index < -0.39 is 17.8 Å². The van der Waals surface area contributed by atoms with Gasteiger partial charge in [-0.1, -0.05) is 0 Å². The number of pyridine rings is 1. The van der Waals surface area contributed by atoms with Crippen LogP contribution in [0.4, 0.5) is 5.69 Å². The van der Waals surface area contributed by atoms with Crippen LogP contribution in [0.2, 0.25) is 0 Å². The number of aliphatic carboxylic acids is 1. The average molecular weight is 320 g/mol. The number of hydrazine groups is 1. The van der Waals surface area contributed by atoms with Crippen molar-refractivity contribution in [2.45, 2.75) is 38.0 Å². The zero-order valence-corrected chi connectivity index (χ0v) is 12.6. The summed E-state index contributed by atoms with van der Waals surface area (Å²) in [5.41, 5.74) is 3.09. The Balaban J connectivity index is 1.89. The molecule has 1 fully saturated rings. The highest BCUT2D eigenvalue weighted by atomic mass is 16.4. The summed E-state index contributed by atoms with van der Waals surface area (Å²) in [6.45, 7) is 0. The van der Waals surface area contributed by atoms with E-state index in [0.717, 1.165) is 31.4 Å². The molecule has 23 heavy (non-hydrogen) atoms. The monoisotopic (exact) mass is 320 g/mol. The number of carbonyl (C=O) groups is 3. The van der Waals surface area contributed by atoms with Crippen LogP contribution in [0.5, 0.6) is 0 Å². The number of nitrogens with zero attached hydrogens (tertiary/aromatic N) is 1. The minimum atomic E-state index is -0.925. The molecule has 1 saturated carbocycles. The van der Waals surface area contributed by atoms with Crippen LogP contribution >= 0.6 is 0 Å². The Morgan fingerprint density at radius 3 is 2.39 bits per heavy atom. The molecule has 0 unspecified atom stereocenters. The molecule has 0 atom stereocenters. The number of hydrogen-bond donors (Lipinski definition) is 4. The Kier molecular flexibility index (Phi) is 5.64. The molecule has 0 radical (unpaired) electrons. The number of carboxylic acid groups (broad SMARTS) is 1. The van der Waals surface area contributed by atoms with Crippen molar-refractivity contribution in [3.63, 3.8) is 0 Å². The molecule has 5 N–H and O–H groups in total. The van der Waals surface area contributed by atoms with Gasteiger partial charge < -0.3 is 10.4 Å². The predicted molar refractivity (Wildman–Crippen MR) is 82.1 cm³/mol. The SMILES string of the molecule is NNC(=O)C(=O)Nc1ccc(C2CCC(CC(=O)O)CC2)nc1. The summed E-state index contributed by atoms with van der Waals surface area (Å²) < 4.78 is 0. The Bertz CT molecular complexity index is 580. The molecule has 1 heterocycles. The fraction of sp³-hybridized carbons (Fsp3) is 0.467. The molecule has 2 rings (SSSR count). The molecule has 8 nitrogen and oxygen atoms in total. The molecule has 2 amide bonds. The van der Waals surface area contributed by atoms with Gasteiger partial charge >= 0.3 is 17.8 Å². The maximum absolute atomic E-state index is 11.4. The molecule has 8 heteroatoms. The maximum atomic E-state index is 11.4. The second-order valence-corrected chi connectivity index (χ2v) is 5.71. The fourth-order valence-electron chi connectivity index (χ4n) is 2.88. The standard InChI is InChI=1S/C15H20N4O4/c16-19-15(23)14(22)18-11-5-6-12(17-8-11)10-3-1-9(2-4-10)7-13(20)21/h5-6,8-10H,1-4,7,16H2,(H,18,22)(H,19,23)(H,20,21). The van der Waals surface area contributed by atoms with Crippen LogP contribution in [0.3, 0.4) is 0 Å². The van der Waals surface area contributed by atoms with Gasteiger partial charge in [0.25, 0.3) is 0 Å². The molecule has 0 bridgehead atoms. The van der Waals surface area contributed by atoms with Crippen LogP contribution in [-0.4, -0.2) is 27.9 Å². The molecule has 1 aromatic heterocycles. The quantitative estimate of drug-likeness (QED) is 0.280. The smallest absolute Gasteiger partial charge is 0.323 e. The van der Waals surface area contributed by atoms with E-state index in [-0.39, 0.29) is 12.3 Å². The summed E-state index contributed by atoms with van der Waals surface area (Å²) in [5, 5.41) is 11.2. The number of rotatable bonds is 4. The number of aromatic nitrogens is 1. The van der Waals surface area contributed by atoms with Gasteiger partial charge in [-0.25, -0.2) is 5.84 Å². The highest BCUT2D eigenvalue weighted by Gasteiger charge is 2.24. The van der Waals surface area contributed by atoms with E-state index in [1.54, 1.807) is 11.5 Å². The zero-order valence-electron chi connectivity index (χ0n) is 12.6. The van der Waals surface area contributed by atoms with Gasteiger partial charge in [0, 0.05) is 18.0 Å². The number of carbonyl (C=O) groups excluding carboxylic acids is 2. The molecule has 0 aliphatic heterocycles. The van der Waals surface area contributed by atoms with E-state index in [9.17, 15) is 14.4 Å². The molecule has 1 aromatic rings. The van der Waals surface area contributed by atoms with Crippen LogP contribution in [0.1, 0.15) is 43.7 Å². The van der Waals surface area contributed by atoms with Crippen molar-refractivity contribution >= 4 is 23.5 Å². The Hall–Kier alpha value is -2.48. The van der Waals surface area contributed by atoms with E-state index in [4.69, 9.17) is 10.9 Å². The number of nitrogens with one attached hydrogen (secondary N) is 2. The highest BCUT2D eigenvalue weighted by molar-refractivity contribution is 6.39. The van der Waals surface area contributed by atoms with Crippen molar-refractivity contribution in [1.82, 2.24) is 10.4 Å². The lowest BCUT2D eigenvalue weighted by Gasteiger charge is -2.27. The highest BCUT2D eigenvalue weighted by Crippen LogP contribution is 2.36. The van der Waals surface area contributed by atoms with Gasteiger partial charge in [0.2, 0.25) is 0 Å². The van der Waals surface area contributed by atoms with E-state index in [1.807, 2.05) is 6.07 Å². The van der Waals surface area contributed by atoms with Crippen molar-refractivity contribution < 1.29 is 19.5 Å². The first-order valence-electron chi connectivity index (χ1n) is 7.49. The first kappa shape index (κ1) is 16.9. The van der Waals surface area contributed by atoms with Crippen molar-refractivity contribution in [3.8, 4) is 0 Å². The van der Waals surface area contributed by atoms with Crippen molar-refractivity contribution in [3.05, 3.63) is 24.0 Å². The van der Waals surface area contributed by atoms with Gasteiger partial charge in [-0.2, -0.15) is 0 Å². The average Bonchev–Trinajstić information content (AvgIpc) is 2.55. The molecule has 124 valence electrons. The largest absolute Gasteiger partial charge is 0.481 e. The third-order valence-electron chi connectivity index (χ3n) is 4.11. The van der Waals surface area contributed by atoms with Crippen LogP contribution in [0.25, 0.3) is 0 Å². The van der Waals surface area contributed by atoms with E-state index in [0.29, 0.717) is 11.6 Å². The first-order chi connectivity index (χ1) is 11.0. The minimum Gasteiger partial charge on any atom is -0.481 e. The van der Waals surface area contributed by atoms with Gasteiger partial charge in [-0.15, -0.1) is 0 Å². The third-order valence-corrected chi connectivity index (χ3v) is 4.11. The van der Waals surface area contributed by atoms with Gasteiger partial charge in [0.1, 0.15) is 0 Å². The maximum Gasteiger partial charge on any atom is 0.323 e. The molecule has 0 saturated heterocycles. The van der Waals surface area contributed by atoms with E-state index in [2.05, 4.69) is 10.3 Å². The van der Waals surface area contributed by atoms with Crippen molar-refractivity contribution in [2.24, 2.45) is 11.8 Å². The van der Waals surface area contributed by atoms with Gasteiger partial charge in [0.05, 0.1) is 11.9 Å². The van der Waals surface area contributed by atoms with Crippen LogP contribution in [0.15, 0.2) is 18.3 Å². The lowest BCUT2D eigenvalue weighted by Crippen LogP contribution is -2.39. The number of carboxylic acids is 1. The molecule has 0 spiro atoms. The summed E-state index contributed by atoms with van der Waals surface area (Å²) in [4.78, 5) is 37.5. The lowest BCUT2D eigenvalue weighted by molar-refractivity contribution is -0.138. The number of hydrogen-bond acceptors (Lipinski definition) is 5. The van der Waals surface area contributed by atoms with Crippen LogP contribution < -0.4 is 16.6 Å². The number of amides is 2. The van der Waals surface area contributed by atoms with Crippen LogP contribution in [-0.2, 0) is 14.4 Å². The molecule has 1 aliphatic carbocycles. The van der Waals surface area contributed by atoms with Crippen molar-refractivity contribution in [1.29, 1.82) is 0 Å². The summed E-state index contributed by atoms with van der Waals surface area (Å²) in [7, 11) is 0. The molecule has 0 aromatic carbocycles.